The molecule has 0 amide bonds. The largest absolute Gasteiger partial charge is 0.344 e. The predicted octanol–water partition coefficient (Wildman–Crippen LogP) is -0.445. The number of nitrogens with zero attached hydrogens (tertiary/aromatic N) is 1. The van der Waals surface area contributed by atoms with Crippen molar-refractivity contribution in [2.24, 2.45) is 11.7 Å². The lowest BCUT2D eigenvalue weighted by atomic mass is 9.84. The Labute approximate surface area is 86.5 Å². The summed E-state index contributed by atoms with van der Waals surface area (Å²) in [7, 11) is 0. The second-order valence-corrected chi connectivity index (χ2v) is 4.08. The van der Waals surface area contributed by atoms with E-state index in [0.29, 0.717) is 6.54 Å². The first-order valence-electron chi connectivity index (χ1n) is 5.33. The molecule has 4 N–H and O–H groups in total. The van der Waals surface area contributed by atoms with Crippen molar-refractivity contribution in [1.29, 1.82) is 0 Å². The Balaban J connectivity index is 2.36. The fraction of sp³-hybridized carbons (Fsp3) is 0.778. The van der Waals surface area contributed by atoms with Gasteiger partial charge in [-0.25, -0.2) is 24.4 Å². The van der Waals surface area contributed by atoms with Gasteiger partial charge in [-0.05, 0) is 25.3 Å². The number of hydrogen-bond donors (Lipinski definition) is 3. The van der Waals surface area contributed by atoms with Crippen molar-refractivity contribution < 1.29 is 0 Å². The molecule has 0 spiro atoms. The predicted molar refractivity (Wildman–Crippen MR) is 55.7 cm³/mol. The maximum absolute atomic E-state index is 11.4. The zero-order chi connectivity index (χ0) is 10.8. The van der Waals surface area contributed by atoms with Gasteiger partial charge in [0.25, 0.3) is 0 Å². The highest BCUT2D eigenvalue weighted by Gasteiger charge is 2.28. The second kappa shape index (κ2) is 4.06. The molecule has 1 aliphatic carbocycles. The van der Waals surface area contributed by atoms with E-state index in [0.717, 1.165) is 25.7 Å². The lowest BCUT2D eigenvalue weighted by Gasteiger charge is -2.29. The molecule has 1 saturated carbocycles. The molecule has 0 radical (unpaired) electrons. The average Bonchev–Trinajstić information content (AvgIpc) is 2.59. The molecule has 1 fully saturated rings. The first kappa shape index (κ1) is 10.2. The molecule has 0 aromatic carbocycles. The molecule has 6 heteroatoms. The van der Waals surface area contributed by atoms with Crippen molar-refractivity contribution in [1.82, 2.24) is 14.8 Å². The summed E-state index contributed by atoms with van der Waals surface area (Å²) in [6.45, 7) is 0.529. The summed E-state index contributed by atoms with van der Waals surface area (Å²) in [5.41, 5.74) is 4.95. The molecule has 2 rings (SSSR count). The second-order valence-electron chi connectivity index (χ2n) is 4.08. The van der Waals surface area contributed by atoms with Gasteiger partial charge in [0.2, 0.25) is 0 Å². The van der Waals surface area contributed by atoms with Gasteiger partial charge in [0.1, 0.15) is 0 Å². The van der Waals surface area contributed by atoms with Crippen molar-refractivity contribution >= 4 is 0 Å². The normalized spacial score (nSPS) is 26.7. The number of H-pyrrole nitrogens is 2. The maximum Gasteiger partial charge on any atom is 0.344 e. The van der Waals surface area contributed by atoms with Crippen molar-refractivity contribution in [3.63, 3.8) is 0 Å². The Hall–Kier alpha value is -1.30. The first-order chi connectivity index (χ1) is 7.24. The van der Waals surface area contributed by atoms with Crippen LogP contribution in [0.1, 0.15) is 31.7 Å². The van der Waals surface area contributed by atoms with Gasteiger partial charge in [-0.3, -0.25) is 0 Å². The van der Waals surface area contributed by atoms with Crippen LogP contribution in [0.3, 0.4) is 0 Å². The number of aromatic nitrogens is 3. The van der Waals surface area contributed by atoms with Crippen LogP contribution in [0.2, 0.25) is 0 Å². The van der Waals surface area contributed by atoms with Gasteiger partial charge in [0.05, 0.1) is 0 Å². The van der Waals surface area contributed by atoms with Crippen molar-refractivity contribution in [2.75, 3.05) is 6.54 Å². The summed E-state index contributed by atoms with van der Waals surface area (Å²) in [4.78, 5) is 22.9. The van der Waals surface area contributed by atoms with Crippen molar-refractivity contribution in [3.8, 4) is 0 Å². The molecule has 1 aromatic rings. The lowest BCUT2D eigenvalue weighted by Crippen LogP contribution is -2.39. The monoisotopic (exact) mass is 212 g/mol. The molecule has 6 nitrogen and oxygen atoms in total. The average molecular weight is 212 g/mol. The molecule has 0 saturated heterocycles. The number of nitrogens with one attached hydrogen (secondary N) is 2. The van der Waals surface area contributed by atoms with E-state index in [1.807, 2.05) is 0 Å². The highest BCUT2D eigenvalue weighted by atomic mass is 16.2. The van der Waals surface area contributed by atoms with E-state index < -0.39 is 0 Å². The summed E-state index contributed by atoms with van der Waals surface area (Å²) in [6.07, 6.45) is 4.05. The molecular weight excluding hydrogens is 196 g/mol. The van der Waals surface area contributed by atoms with Gasteiger partial charge in [0, 0.05) is 6.04 Å². The number of rotatable bonds is 2. The summed E-state index contributed by atoms with van der Waals surface area (Å²) in [6, 6.07) is -0.0359. The molecule has 1 aromatic heterocycles. The van der Waals surface area contributed by atoms with E-state index in [2.05, 4.69) is 10.2 Å². The van der Waals surface area contributed by atoms with Gasteiger partial charge >= 0.3 is 11.4 Å². The van der Waals surface area contributed by atoms with E-state index in [1.165, 1.54) is 4.57 Å². The highest BCUT2D eigenvalue weighted by Crippen LogP contribution is 2.31. The summed E-state index contributed by atoms with van der Waals surface area (Å²) >= 11 is 0. The summed E-state index contributed by atoms with van der Waals surface area (Å²) < 4.78 is 1.27. The number of aromatic amines is 2. The van der Waals surface area contributed by atoms with Crippen LogP contribution in [0, 0.1) is 5.92 Å². The van der Waals surface area contributed by atoms with E-state index >= 15 is 0 Å². The van der Waals surface area contributed by atoms with Crippen LogP contribution in [0.4, 0.5) is 0 Å². The van der Waals surface area contributed by atoms with Crippen LogP contribution >= 0.6 is 0 Å². The minimum Gasteiger partial charge on any atom is -0.330 e. The molecule has 2 atom stereocenters. The molecule has 2 unspecified atom stereocenters. The van der Waals surface area contributed by atoms with Crippen LogP contribution in [-0.4, -0.2) is 21.3 Å². The third-order valence-corrected chi connectivity index (χ3v) is 3.22. The summed E-state index contributed by atoms with van der Waals surface area (Å²) in [5.74, 6) is 0.244. The number of hydrogen-bond acceptors (Lipinski definition) is 3. The zero-order valence-electron chi connectivity index (χ0n) is 8.53. The molecule has 15 heavy (non-hydrogen) atoms. The fourth-order valence-electron chi connectivity index (χ4n) is 2.42. The molecule has 1 aliphatic rings. The Kier molecular flexibility index (Phi) is 2.77. The molecule has 84 valence electrons. The standard InChI is InChI=1S/C9H16N4O2/c10-5-6-3-1-2-4-7(6)13-8(14)11-12-9(13)15/h6-7H,1-5,10H2,(H,11,14)(H,12,15). The Morgan fingerprint density at radius 1 is 1.20 bits per heavy atom. The van der Waals surface area contributed by atoms with Crippen LogP contribution in [0.5, 0.6) is 0 Å². The van der Waals surface area contributed by atoms with Crippen LogP contribution in [-0.2, 0) is 0 Å². The van der Waals surface area contributed by atoms with Gasteiger partial charge in [-0.2, -0.15) is 0 Å². The topological polar surface area (TPSA) is 96.7 Å². The Morgan fingerprint density at radius 3 is 2.40 bits per heavy atom. The van der Waals surface area contributed by atoms with Crippen molar-refractivity contribution in [3.05, 3.63) is 21.0 Å². The first-order valence-corrected chi connectivity index (χ1v) is 5.33. The van der Waals surface area contributed by atoms with E-state index in [4.69, 9.17) is 5.73 Å². The van der Waals surface area contributed by atoms with Crippen LogP contribution in [0.15, 0.2) is 9.59 Å². The molecule has 0 bridgehead atoms. The molecular formula is C9H16N4O2. The lowest BCUT2D eigenvalue weighted by molar-refractivity contribution is 0.236. The summed E-state index contributed by atoms with van der Waals surface area (Å²) in [5, 5.41) is 4.62. The zero-order valence-corrected chi connectivity index (χ0v) is 8.53. The third-order valence-electron chi connectivity index (χ3n) is 3.22. The minimum atomic E-state index is -0.356. The van der Waals surface area contributed by atoms with Crippen LogP contribution in [0.25, 0.3) is 0 Å². The Bertz CT molecular complexity index is 402. The van der Waals surface area contributed by atoms with E-state index in [9.17, 15) is 9.59 Å². The SMILES string of the molecule is NCC1CCCCC1n1c(=O)[nH][nH]c1=O. The van der Waals surface area contributed by atoms with Gasteiger partial charge < -0.3 is 5.73 Å². The number of nitrogens with two attached hydrogens (primary N) is 1. The van der Waals surface area contributed by atoms with Crippen molar-refractivity contribution in [2.45, 2.75) is 31.7 Å². The van der Waals surface area contributed by atoms with Gasteiger partial charge in [0.15, 0.2) is 0 Å². The van der Waals surface area contributed by atoms with E-state index in [1.54, 1.807) is 0 Å². The Morgan fingerprint density at radius 2 is 1.80 bits per heavy atom. The third kappa shape index (κ3) is 1.77. The van der Waals surface area contributed by atoms with Gasteiger partial charge in [-0.1, -0.05) is 12.8 Å². The smallest absolute Gasteiger partial charge is 0.330 e. The van der Waals surface area contributed by atoms with E-state index in [-0.39, 0.29) is 23.3 Å². The fourth-order valence-corrected chi connectivity index (χ4v) is 2.42. The quantitative estimate of drug-likeness (QED) is 0.619. The maximum atomic E-state index is 11.4. The minimum absolute atomic E-state index is 0.0359. The van der Waals surface area contributed by atoms with Crippen LogP contribution < -0.4 is 17.1 Å². The molecule has 0 aliphatic heterocycles. The molecule has 1 heterocycles. The highest BCUT2D eigenvalue weighted by molar-refractivity contribution is 4.84. The van der Waals surface area contributed by atoms with Gasteiger partial charge in [-0.15, -0.1) is 0 Å².